The molecule has 0 unspecified atom stereocenters. The monoisotopic (exact) mass is 341 g/mol. The molecule has 5 nitrogen and oxygen atoms in total. The fourth-order valence-electron chi connectivity index (χ4n) is 2.66. The molecule has 2 aromatic rings. The van der Waals surface area contributed by atoms with Crippen molar-refractivity contribution < 1.29 is 9.47 Å². The van der Waals surface area contributed by atoms with Crippen molar-refractivity contribution in [2.24, 2.45) is 0 Å². The van der Waals surface area contributed by atoms with Crippen molar-refractivity contribution in [2.75, 3.05) is 6.61 Å². The molecule has 0 spiro atoms. The normalized spacial score (nSPS) is 24.8. The van der Waals surface area contributed by atoms with E-state index in [0.717, 1.165) is 18.4 Å². The number of nitrogens with zero attached hydrogens (tertiary/aromatic N) is 3. The van der Waals surface area contributed by atoms with Gasteiger partial charge in [-0.2, -0.15) is 5.10 Å². The van der Waals surface area contributed by atoms with Crippen LogP contribution >= 0.6 is 23.2 Å². The van der Waals surface area contributed by atoms with Crippen molar-refractivity contribution in [1.82, 2.24) is 14.8 Å². The smallest absolute Gasteiger partial charge is 0.217 e. The number of hydrogen-bond donors (Lipinski definition) is 0. The molecule has 1 aliphatic rings. The van der Waals surface area contributed by atoms with E-state index >= 15 is 0 Å². The Balaban J connectivity index is 1.96. The zero-order chi connectivity index (χ0) is 15.6. The fourth-order valence-corrected chi connectivity index (χ4v) is 3.22. The summed E-state index contributed by atoms with van der Waals surface area (Å²) in [6.07, 6.45) is 5.12. The van der Waals surface area contributed by atoms with Crippen LogP contribution in [0.25, 0.3) is 0 Å². The Morgan fingerprint density at radius 3 is 2.95 bits per heavy atom. The molecule has 1 aliphatic heterocycles. The van der Waals surface area contributed by atoms with Gasteiger partial charge in [0.2, 0.25) is 5.79 Å². The van der Waals surface area contributed by atoms with E-state index in [1.54, 1.807) is 23.1 Å². The Labute approximate surface area is 139 Å². The lowest BCUT2D eigenvalue weighted by Crippen LogP contribution is -2.34. The minimum absolute atomic E-state index is 0.0419. The molecular weight excluding hydrogens is 325 g/mol. The van der Waals surface area contributed by atoms with Gasteiger partial charge in [0.15, 0.2) is 0 Å². The van der Waals surface area contributed by atoms with Crippen molar-refractivity contribution >= 4 is 23.2 Å². The summed E-state index contributed by atoms with van der Waals surface area (Å²) in [5.41, 5.74) is 0.757. The highest BCUT2D eigenvalue weighted by molar-refractivity contribution is 6.35. The highest BCUT2D eigenvalue weighted by atomic mass is 35.5. The maximum Gasteiger partial charge on any atom is 0.217 e. The lowest BCUT2D eigenvalue weighted by molar-refractivity contribution is -0.189. The van der Waals surface area contributed by atoms with E-state index in [1.165, 1.54) is 6.33 Å². The molecule has 2 heterocycles. The van der Waals surface area contributed by atoms with Crippen LogP contribution < -0.4 is 0 Å². The predicted molar refractivity (Wildman–Crippen MR) is 83.9 cm³/mol. The molecule has 0 bridgehead atoms. The van der Waals surface area contributed by atoms with Gasteiger partial charge in [-0.05, 0) is 18.6 Å². The Morgan fingerprint density at radius 2 is 2.27 bits per heavy atom. The SMILES string of the molecule is CCC[C@H]1CO[C@](Cn2cncn2)(c2ccc(Cl)cc2Cl)O1. The molecule has 22 heavy (non-hydrogen) atoms. The lowest BCUT2D eigenvalue weighted by atomic mass is 10.1. The van der Waals surface area contributed by atoms with Crippen LogP contribution in [0.5, 0.6) is 0 Å². The lowest BCUT2D eigenvalue weighted by Gasteiger charge is -2.29. The van der Waals surface area contributed by atoms with Gasteiger partial charge in [-0.3, -0.25) is 0 Å². The van der Waals surface area contributed by atoms with Crippen molar-refractivity contribution in [2.45, 2.75) is 38.2 Å². The number of aromatic nitrogens is 3. The average molecular weight is 342 g/mol. The van der Waals surface area contributed by atoms with Crippen molar-refractivity contribution in [3.05, 3.63) is 46.5 Å². The first-order chi connectivity index (χ1) is 10.6. The number of halogens is 2. The van der Waals surface area contributed by atoms with Gasteiger partial charge in [0.25, 0.3) is 0 Å². The molecule has 1 saturated heterocycles. The summed E-state index contributed by atoms with van der Waals surface area (Å²) in [6, 6.07) is 5.32. The van der Waals surface area contributed by atoms with E-state index in [1.807, 2.05) is 6.07 Å². The maximum atomic E-state index is 6.37. The first-order valence-corrected chi connectivity index (χ1v) is 7.98. The van der Waals surface area contributed by atoms with Crippen LogP contribution in [0.1, 0.15) is 25.3 Å². The molecule has 0 N–H and O–H groups in total. The van der Waals surface area contributed by atoms with E-state index < -0.39 is 5.79 Å². The maximum absolute atomic E-state index is 6.37. The van der Waals surface area contributed by atoms with E-state index in [-0.39, 0.29) is 6.10 Å². The predicted octanol–water partition coefficient (Wildman–Crippen LogP) is 3.65. The number of rotatable bonds is 5. The molecular formula is C15H17Cl2N3O2. The van der Waals surface area contributed by atoms with Crippen LogP contribution in [0, 0.1) is 0 Å². The summed E-state index contributed by atoms with van der Waals surface area (Å²) in [5.74, 6) is -0.963. The van der Waals surface area contributed by atoms with Gasteiger partial charge in [-0.15, -0.1) is 0 Å². The van der Waals surface area contributed by atoms with Crippen LogP contribution in [0.4, 0.5) is 0 Å². The van der Waals surface area contributed by atoms with E-state index in [0.29, 0.717) is 23.2 Å². The quantitative estimate of drug-likeness (QED) is 0.832. The second-order valence-corrected chi connectivity index (χ2v) is 6.15. The highest BCUT2D eigenvalue weighted by Gasteiger charge is 2.45. The Morgan fingerprint density at radius 1 is 1.41 bits per heavy atom. The number of benzene rings is 1. The first-order valence-electron chi connectivity index (χ1n) is 7.22. The largest absolute Gasteiger partial charge is 0.342 e. The summed E-state index contributed by atoms with van der Waals surface area (Å²) in [6.45, 7) is 3.03. The zero-order valence-corrected chi connectivity index (χ0v) is 13.7. The van der Waals surface area contributed by atoms with Crippen LogP contribution in [-0.4, -0.2) is 27.5 Å². The summed E-state index contributed by atoms with van der Waals surface area (Å²) in [4.78, 5) is 3.97. The third-order valence-electron chi connectivity index (χ3n) is 3.65. The van der Waals surface area contributed by atoms with Crippen LogP contribution in [0.2, 0.25) is 10.0 Å². The molecule has 118 valence electrons. The zero-order valence-electron chi connectivity index (χ0n) is 12.2. The van der Waals surface area contributed by atoms with Crippen LogP contribution in [-0.2, 0) is 21.8 Å². The summed E-state index contributed by atoms with van der Waals surface area (Å²) in [5, 5.41) is 5.24. The second kappa shape index (κ2) is 6.54. The number of hydrogen-bond acceptors (Lipinski definition) is 4. The molecule has 0 aliphatic carbocycles. The molecule has 3 rings (SSSR count). The van der Waals surface area contributed by atoms with E-state index in [2.05, 4.69) is 17.0 Å². The van der Waals surface area contributed by atoms with Crippen LogP contribution in [0.3, 0.4) is 0 Å². The Hall–Kier alpha value is -1.14. The molecule has 2 atom stereocenters. The van der Waals surface area contributed by atoms with Gasteiger partial charge in [0.05, 0.1) is 17.7 Å². The third kappa shape index (κ3) is 3.13. The highest BCUT2D eigenvalue weighted by Crippen LogP contribution is 2.41. The second-order valence-electron chi connectivity index (χ2n) is 5.31. The average Bonchev–Trinajstić information content (AvgIpc) is 3.10. The summed E-state index contributed by atoms with van der Waals surface area (Å²) >= 11 is 12.4. The van der Waals surface area contributed by atoms with Crippen LogP contribution in [0.15, 0.2) is 30.9 Å². The van der Waals surface area contributed by atoms with Gasteiger partial charge >= 0.3 is 0 Å². The minimum Gasteiger partial charge on any atom is -0.342 e. The fraction of sp³-hybridized carbons (Fsp3) is 0.467. The minimum atomic E-state index is -0.963. The van der Waals surface area contributed by atoms with Gasteiger partial charge in [-0.25, -0.2) is 9.67 Å². The van der Waals surface area contributed by atoms with Gasteiger partial charge < -0.3 is 9.47 Å². The summed E-state index contributed by atoms with van der Waals surface area (Å²) in [7, 11) is 0. The topological polar surface area (TPSA) is 49.2 Å². The van der Waals surface area contributed by atoms with Gasteiger partial charge in [0.1, 0.15) is 19.2 Å². The van der Waals surface area contributed by atoms with E-state index in [9.17, 15) is 0 Å². The Kier molecular flexibility index (Phi) is 4.68. The molecule has 1 fully saturated rings. The van der Waals surface area contributed by atoms with E-state index in [4.69, 9.17) is 32.7 Å². The molecule has 1 aromatic carbocycles. The molecule has 0 amide bonds. The Bertz CT molecular complexity index is 636. The third-order valence-corrected chi connectivity index (χ3v) is 4.20. The van der Waals surface area contributed by atoms with Crippen molar-refractivity contribution in [3.8, 4) is 0 Å². The van der Waals surface area contributed by atoms with Gasteiger partial charge in [-0.1, -0.05) is 42.6 Å². The molecule has 0 radical (unpaired) electrons. The molecule has 0 saturated carbocycles. The first kappa shape index (κ1) is 15.7. The molecule has 1 aromatic heterocycles. The standard InChI is InChI=1S/C15H17Cl2N3O2/c1-2-3-12-7-21-15(22-12,8-20-10-18-9-19-20)13-5-4-11(16)6-14(13)17/h4-6,9-10,12H,2-3,7-8H2,1H3/t12-,15-/m0/s1. The van der Waals surface area contributed by atoms with Gasteiger partial charge in [0, 0.05) is 10.6 Å². The van der Waals surface area contributed by atoms with Crippen molar-refractivity contribution in [1.29, 1.82) is 0 Å². The molecule has 7 heteroatoms. The number of ether oxygens (including phenoxy) is 2. The summed E-state index contributed by atoms with van der Waals surface area (Å²) < 4.78 is 14.0. The van der Waals surface area contributed by atoms with Crippen molar-refractivity contribution in [3.63, 3.8) is 0 Å².